The summed E-state index contributed by atoms with van der Waals surface area (Å²) in [5, 5.41) is 17.7. The van der Waals surface area contributed by atoms with Gasteiger partial charge in [-0.25, -0.2) is 0 Å². The highest BCUT2D eigenvalue weighted by Crippen LogP contribution is 2.41. The fraction of sp³-hybridized carbons (Fsp3) is 0.529. The minimum atomic E-state index is -4.48. The smallest absolute Gasteiger partial charge is 0.372 e. The van der Waals surface area contributed by atoms with Crippen LogP contribution in [0.3, 0.4) is 0 Å². The van der Waals surface area contributed by atoms with Gasteiger partial charge in [0.2, 0.25) is 5.91 Å². The van der Waals surface area contributed by atoms with Gasteiger partial charge in [-0.2, -0.15) is 18.3 Å². The minimum absolute atomic E-state index is 0.0244. The number of hydrazone groups is 1. The zero-order valence-electron chi connectivity index (χ0n) is 13.3. The number of aliphatic hydroxyl groups is 1. The lowest BCUT2D eigenvalue weighted by atomic mass is 9.75. The van der Waals surface area contributed by atoms with Gasteiger partial charge in [0, 0.05) is 24.7 Å². The number of carbonyl (C=O) groups is 1. The predicted molar refractivity (Wildman–Crippen MR) is 84.2 cm³/mol. The number of amides is 1. The van der Waals surface area contributed by atoms with Crippen LogP contribution < -0.4 is 5.32 Å². The Morgan fingerprint density at radius 1 is 1.28 bits per heavy atom. The van der Waals surface area contributed by atoms with Crippen molar-refractivity contribution in [3.63, 3.8) is 0 Å². The maximum absolute atomic E-state index is 13.0. The maximum atomic E-state index is 13.0. The predicted octanol–water partition coefficient (Wildman–Crippen LogP) is 1.87. The van der Waals surface area contributed by atoms with Gasteiger partial charge in [0.1, 0.15) is 11.9 Å². The number of rotatable bonds is 1. The summed E-state index contributed by atoms with van der Waals surface area (Å²) in [5.41, 5.74) is 0.0279. The van der Waals surface area contributed by atoms with E-state index in [9.17, 15) is 23.1 Å². The van der Waals surface area contributed by atoms with E-state index in [-0.39, 0.29) is 36.6 Å². The third kappa shape index (κ3) is 2.88. The van der Waals surface area contributed by atoms with Crippen molar-refractivity contribution in [1.82, 2.24) is 10.3 Å². The summed E-state index contributed by atoms with van der Waals surface area (Å²) in [6.07, 6.45) is 4.31. The highest BCUT2D eigenvalue weighted by molar-refractivity contribution is 5.91. The van der Waals surface area contributed by atoms with E-state index in [1.807, 2.05) is 24.3 Å². The molecule has 0 spiro atoms. The van der Waals surface area contributed by atoms with Crippen LogP contribution in [-0.2, 0) is 4.79 Å². The number of nitrogens with one attached hydrogen (secondary N) is 1. The minimum Gasteiger partial charge on any atom is -0.372 e. The molecule has 5 atom stereocenters. The average molecular weight is 353 g/mol. The van der Waals surface area contributed by atoms with Crippen LogP contribution in [0, 0.1) is 11.8 Å². The monoisotopic (exact) mass is 353 g/mol. The molecule has 8 heteroatoms. The number of halogens is 3. The van der Waals surface area contributed by atoms with Crippen molar-refractivity contribution in [1.29, 1.82) is 0 Å². The molecule has 1 aliphatic carbocycles. The van der Waals surface area contributed by atoms with Gasteiger partial charge in [-0.3, -0.25) is 9.80 Å². The molecule has 0 radical (unpaired) electrons. The molecular weight excluding hydrogens is 335 g/mol. The first kappa shape index (κ1) is 16.4. The summed E-state index contributed by atoms with van der Waals surface area (Å²) in [7, 11) is 0. The number of alkyl halides is 3. The van der Waals surface area contributed by atoms with Gasteiger partial charge >= 0.3 is 6.18 Å². The first-order valence-electron chi connectivity index (χ1n) is 8.31. The van der Waals surface area contributed by atoms with Gasteiger partial charge < -0.3 is 10.4 Å². The van der Waals surface area contributed by atoms with E-state index in [0.717, 1.165) is 5.57 Å². The van der Waals surface area contributed by atoms with Crippen molar-refractivity contribution in [3.8, 4) is 0 Å². The highest BCUT2D eigenvalue weighted by atomic mass is 19.4. The molecule has 134 valence electrons. The Bertz CT molecular complexity index is 710. The zero-order valence-corrected chi connectivity index (χ0v) is 13.3. The van der Waals surface area contributed by atoms with Crippen LogP contribution >= 0.6 is 0 Å². The highest BCUT2D eigenvalue weighted by Gasteiger charge is 2.47. The topological polar surface area (TPSA) is 64.9 Å². The van der Waals surface area contributed by atoms with Gasteiger partial charge in [-0.05, 0) is 18.1 Å². The number of nitrogens with zero attached hydrogens (tertiary/aromatic N) is 2. The quantitative estimate of drug-likeness (QED) is 0.708. The summed E-state index contributed by atoms with van der Waals surface area (Å²) >= 11 is 0. The van der Waals surface area contributed by atoms with Crippen molar-refractivity contribution in [2.45, 2.75) is 43.8 Å². The summed E-state index contributed by atoms with van der Waals surface area (Å²) in [5.74, 6) is -0.0310. The lowest BCUT2D eigenvalue weighted by Gasteiger charge is -2.39. The Balaban J connectivity index is 1.57. The zero-order chi connectivity index (χ0) is 17.8. The van der Waals surface area contributed by atoms with E-state index in [1.165, 1.54) is 11.1 Å². The molecule has 3 aliphatic heterocycles. The molecule has 1 amide bonds. The van der Waals surface area contributed by atoms with Crippen molar-refractivity contribution in [3.05, 3.63) is 36.0 Å². The molecule has 0 bridgehead atoms. The van der Waals surface area contributed by atoms with Gasteiger partial charge in [-0.15, -0.1) is 0 Å². The van der Waals surface area contributed by atoms with Gasteiger partial charge in [0.25, 0.3) is 0 Å². The molecule has 25 heavy (non-hydrogen) atoms. The second-order valence-electron chi connectivity index (χ2n) is 6.85. The van der Waals surface area contributed by atoms with E-state index in [1.54, 1.807) is 0 Å². The molecule has 4 aliphatic rings. The number of aliphatic hydroxyl groups excluding tert-OH is 1. The van der Waals surface area contributed by atoms with Gasteiger partial charge in [-0.1, -0.05) is 24.3 Å². The average Bonchev–Trinajstić information content (AvgIpc) is 3.01. The number of carbonyl (C=O) groups excluding carboxylic acids is 1. The van der Waals surface area contributed by atoms with Crippen molar-refractivity contribution in [2.24, 2.45) is 16.9 Å². The molecule has 4 rings (SSSR count). The van der Waals surface area contributed by atoms with E-state index < -0.39 is 24.2 Å². The van der Waals surface area contributed by atoms with E-state index in [2.05, 4.69) is 10.4 Å². The Morgan fingerprint density at radius 2 is 2.08 bits per heavy atom. The van der Waals surface area contributed by atoms with Crippen LogP contribution in [0.4, 0.5) is 13.2 Å². The molecule has 0 aromatic carbocycles. The van der Waals surface area contributed by atoms with Crippen molar-refractivity contribution in [2.75, 3.05) is 0 Å². The number of allylic oxidation sites excluding steroid dienone is 1. The standard InChI is InChI=1S/C17H18F3N3O2/c18-17(19,20)14-8-13-11(3-6-16(25)23(13)22-14)9-1-4-12-10(7-9)2-5-15(24)21-12/h1-5,9-10,12-13,16,25H,6-8H2,(H,21,24). The Labute approximate surface area is 142 Å². The third-order valence-electron chi connectivity index (χ3n) is 5.29. The fourth-order valence-corrected chi connectivity index (χ4v) is 4.07. The van der Waals surface area contributed by atoms with Crippen LogP contribution in [0.25, 0.3) is 0 Å². The van der Waals surface area contributed by atoms with Gasteiger partial charge in [0.15, 0.2) is 0 Å². The molecule has 0 saturated carbocycles. The second kappa shape index (κ2) is 5.72. The van der Waals surface area contributed by atoms with Crippen molar-refractivity contribution >= 4 is 11.6 Å². The first-order chi connectivity index (χ1) is 11.8. The first-order valence-corrected chi connectivity index (χ1v) is 8.31. The molecule has 3 heterocycles. The normalized spacial score (nSPS) is 37.2. The summed E-state index contributed by atoms with van der Waals surface area (Å²) in [4.78, 5) is 11.4. The molecule has 5 unspecified atom stereocenters. The van der Waals surface area contributed by atoms with Crippen LogP contribution in [-0.4, -0.2) is 46.2 Å². The summed E-state index contributed by atoms with van der Waals surface area (Å²) < 4.78 is 39.1. The molecule has 0 aromatic rings. The van der Waals surface area contributed by atoms with Crippen LogP contribution in [0.5, 0.6) is 0 Å². The third-order valence-corrected chi connectivity index (χ3v) is 5.29. The lowest BCUT2D eigenvalue weighted by molar-refractivity contribution is -0.117. The number of hydrogen-bond acceptors (Lipinski definition) is 4. The maximum Gasteiger partial charge on any atom is 0.431 e. The SMILES string of the molecule is O=C1C=CC2CC(C3=CCC(O)N4N=C(C(F)(F)F)CC34)C=CC2N1. The summed E-state index contributed by atoms with van der Waals surface area (Å²) in [6.45, 7) is 0. The molecular formula is C17H18F3N3O2. The van der Waals surface area contributed by atoms with Crippen LogP contribution in [0.1, 0.15) is 19.3 Å². The summed E-state index contributed by atoms with van der Waals surface area (Å²) in [6, 6.07) is -0.626. The largest absolute Gasteiger partial charge is 0.431 e. The Hall–Kier alpha value is -2.09. The van der Waals surface area contributed by atoms with Crippen LogP contribution in [0.15, 0.2) is 41.1 Å². The molecule has 0 aromatic heterocycles. The van der Waals surface area contributed by atoms with Crippen molar-refractivity contribution < 1.29 is 23.1 Å². The fourth-order valence-electron chi connectivity index (χ4n) is 4.07. The van der Waals surface area contributed by atoms with Crippen LogP contribution in [0.2, 0.25) is 0 Å². The molecule has 0 saturated heterocycles. The molecule has 5 nitrogen and oxygen atoms in total. The van der Waals surface area contributed by atoms with E-state index in [0.29, 0.717) is 6.42 Å². The second-order valence-corrected chi connectivity index (χ2v) is 6.85. The number of hydrogen-bond donors (Lipinski definition) is 2. The lowest BCUT2D eigenvalue weighted by Crippen LogP contribution is -2.45. The molecule has 2 N–H and O–H groups in total. The Morgan fingerprint density at radius 3 is 2.84 bits per heavy atom. The Kier molecular flexibility index (Phi) is 3.75. The van der Waals surface area contributed by atoms with E-state index >= 15 is 0 Å². The van der Waals surface area contributed by atoms with E-state index in [4.69, 9.17) is 0 Å². The van der Waals surface area contributed by atoms with Gasteiger partial charge in [0.05, 0.1) is 12.1 Å². The molecule has 0 fully saturated rings. The number of fused-ring (bicyclic) bond motifs is 2.